The molecule has 1 N–H and O–H groups in total. The van der Waals surface area contributed by atoms with Crippen molar-refractivity contribution in [3.05, 3.63) is 41.6 Å². The lowest BCUT2D eigenvalue weighted by Gasteiger charge is -2.25. The summed E-state index contributed by atoms with van der Waals surface area (Å²) in [6.45, 7) is 4.20. The van der Waals surface area contributed by atoms with E-state index in [-0.39, 0.29) is 5.91 Å². The highest BCUT2D eigenvalue weighted by Crippen LogP contribution is 2.37. The van der Waals surface area contributed by atoms with Gasteiger partial charge in [-0.3, -0.25) is 4.79 Å². The Morgan fingerprint density at radius 2 is 2.11 bits per heavy atom. The van der Waals surface area contributed by atoms with Gasteiger partial charge in [-0.25, -0.2) is 0 Å². The summed E-state index contributed by atoms with van der Waals surface area (Å²) >= 11 is 0. The summed E-state index contributed by atoms with van der Waals surface area (Å²) in [6.07, 6.45) is 6.93. The second kappa shape index (κ2) is 8.24. The van der Waals surface area contributed by atoms with Crippen LogP contribution in [0.1, 0.15) is 49.9 Å². The van der Waals surface area contributed by atoms with E-state index < -0.39 is 5.54 Å². The Morgan fingerprint density at radius 1 is 1.33 bits per heavy atom. The number of hydrogen-bond acceptors (Lipinski definition) is 6. The molecule has 7 nitrogen and oxygen atoms in total. The zero-order valence-electron chi connectivity index (χ0n) is 15.9. The lowest BCUT2D eigenvalue weighted by molar-refractivity contribution is -0.118. The number of aromatic nitrogens is 2. The molecule has 1 heterocycles. The first kappa shape index (κ1) is 18.9. The van der Waals surface area contributed by atoms with Crippen LogP contribution in [0, 0.1) is 6.92 Å². The largest absolute Gasteiger partial charge is 0.493 e. The molecule has 27 heavy (non-hydrogen) atoms. The number of amides is 1. The normalized spacial score (nSPS) is 15.8. The summed E-state index contributed by atoms with van der Waals surface area (Å²) in [5, 5.41) is 7.13. The van der Waals surface area contributed by atoms with E-state index in [2.05, 4.69) is 15.5 Å². The monoisotopic (exact) mass is 371 g/mol. The molecule has 3 rings (SSSR count). The minimum Gasteiger partial charge on any atom is -0.493 e. The third-order valence-corrected chi connectivity index (χ3v) is 4.69. The number of aryl methyl sites for hydroxylation is 1. The first-order chi connectivity index (χ1) is 13.1. The predicted octanol–water partition coefficient (Wildman–Crippen LogP) is 3.38. The first-order valence-electron chi connectivity index (χ1n) is 9.18. The van der Waals surface area contributed by atoms with Crippen LogP contribution in [0.2, 0.25) is 0 Å². The molecule has 0 atom stereocenters. The van der Waals surface area contributed by atoms with E-state index in [4.69, 9.17) is 14.0 Å². The number of carbonyl (C=O) groups excluding carboxylic acids is 1. The number of ether oxygens (including phenoxy) is 2. The summed E-state index contributed by atoms with van der Waals surface area (Å²) in [7, 11) is 1.60. The van der Waals surface area contributed by atoms with Gasteiger partial charge >= 0.3 is 0 Å². The van der Waals surface area contributed by atoms with Crippen LogP contribution in [0.3, 0.4) is 0 Å². The van der Waals surface area contributed by atoms with E-state index in [0.29, 0.717) is 29.8 Å². The molecule has 2 aromatic rings. The van der Waals surface area contributed by atoms with Gasteiger partial charge in [0, 0.05) is 13.0 Å². The molecule has 1 aromatic heterocycles. The molecule has 0 spiro atoms. The van der Waals surface area contributed by atoms with Gasteiger partial charge in [0.2, 0.25) is 11.8 Å². The van der Waals surface area contributed by atoms with Crippen molar-refractivity contribution >= 4 is 12.0 Å². The van der Waals surface area contributed by atoms with E-state index in [9.17, 15) is 4.79 Å². The second-order valence-corrected chi connectivity index (χ2v) is 6.59. The van der Waals surface area contributed by atoms with Crippen molar-refractivity contribution in [3.63, 3.8) is 0 Å². The summed E-state index contributed by atoms with van der Waals surface area (Å²) in [5.41, 5.74) is 0.306. The Kier molecular flexibility index (Phi) is 5.78. The summed E-state index contributed by atoms with van der Waals surface area (Å²) in [6, 6.07) is 5.54. The predicted molar refractivity (Wildman–Crippen MR) is 101 cm³/mol. The molecule has 7 heteroatoms. The van der Waals surface area contributed by atoms with Crippen LogP contribution >= 0.6 is 0 Å². The van der Waals surface area contributed by atoms with Crippen LogP contribution in [0.4, 0.5) is 0 Å². The molecule has 0 radical (unpaired) electrons. The summed E-state index contributed by atoms with van der Waals surface area (Å²) < 4.78 is 16.0. The third-order valence-electron chi connectivity index (χ3n) is 4.69. The van der Waals surface area contributed by atoms with Crippen LogP contribution < -0.4 is 14.8 Å². The smallest absolute Gasteiger partial charge is 0.244 e. The van der Waals surface area contributed by atoms with E-state index in [1.54, 1.807) is 20.1 Å². The van der Waals surface area contributed by atoms with Gasteiger partial charge in [-0.15, -0.1) is 0 Å². The van der Waals surface area contributed by atoms with Crippen molar-refractivity contribution in [1.82, 2.24) is 15.5 Å². The molecule has 1 saturated carbocycles. The Bertz CT molecular complexity index is 822. The molecule has 1 amide bonds. The van der Waals surface area contributed by atoms with Gasteiger partial charge in [-0.2, -0.15) is 4.98 Å². The zero-order chi connectivity index (χ0) is 19.3. The zero-order valence-corrected chi connectivity index (χ0v) is 15.9. The third kappa shape index (κ3) is 4.30. The van der Waals surface area contributed by atoms with Gasteiger partial charge in [0.25, 0.3) is 0 Å². The molecule has 0 saturated heterocycles. The van der Waals surface area contributed by atoms with Gasteiger partial charge in [-0.05, 0) is 43.5 Å². The fourth-order valence-corrected chi connectivity index (χ4v) is 3.39. The van der Waals surface area contributed by atoms with E-state index >= 15 is 0 Å². The quantitative estimate of drug-likeness (QED) is 0.751. The van der Waals surface area contributed by atoms with Crippen LogP contribution in [0.5, 0.6) is 11.5 Å². The Morgan fingerprint density at radius 3 is 2.74 bits per heavy atom. The van der Waals surface area contributed by atoms with Crippen molar-refractivity contribution in [2.24, 2.45) is 0 Å². The highest BCUT2D eigenvalue weighted by Gasteiger charge is 2.40. The Labute approximate surface area is 158 Å². The Balaban J connectivity index is 1.73. The highest BCUT2D eigenvalue weighted by atomic mass is 16.5. The van der Waals surface area contributed by atoms with E-state index in [1.807, 2.05) is 25.1 Å². The van der Waals surface area contributed by atoms with Crippen molar-refractivity contribution in [2.45, 2.75) is 45.1 Å². The van der Waals surface area contributed by atoms with Crippen molar-refractivity contribution in [3.8, 4) is 11.5 Å². The molecule has 1 fully saturated rings. The maximum atomic E-state index is 12.6. The number of nitrogens with zero attached hydrogens (tertiary/aromatic N) is 2. The summed E-state index contributed by atoms with van der Waals surface area (Å²) in [4.78, 5) is 16.9. The van der Waals surface area contributed by atoms with Crippen LogP contribution in [0.15, 0.2) is 28.8 Å². The Hall–Kier alpha value is -2.83. The van der Waals surface area contributed by atoms with E-state index in [0.717, 1.165) is 31.2 Å². The molecule has 0 unspecified atom stereocenters. The average molecular weight is 371 g/mol. The number of nitrogens with one attached hydrogen (secondary N) is 1. The molecule has 1 aromatic carbocycles. The van der Waals surface area contributed by atoms with Gasteiger partial charge in [0.05, 0.1) is 13.7 Å². The lowest BCUT2D eigenvalue weighted by atomic mass is 9.96. The number of benzene rings is 1. The standard InChI is InChI=1S/C20H25N3O4/c1-4-26-17-13-15(7-9-16(17)25-3)8-10-18(24)22-20(11-5-6-12-20)19-21-14(2)27-23-19/h7-10,13H,4-6,11-12H2,1-3H3,(H,22,24). The minimum atomic E-state index is -0.546. The molecular weight excluding hydrogens is 346 g/mol. The molecule has 144 valence electrons. The van der Waals surface area contributed by atoms with Gasteiger partial charge in [0.15, 0.2) is 17.3 Å². The fraction of sp³-hybridized carbons (Fsp3) is 0.450. The molecule has 1 aliphatic carbocycles. The van der Waals surface area contributed by atoms with Crippen molar-refractivity contribution in [1.29, 1.82) is 0 Å². The number of methoxy groups -OCH3 is 1. The van der Waals surface area contributed by atoms with E-state index in [1.165, 1.54) is 6.08 Å². The maximum Gasteiger partial charge on any atom is 0.244 e. The van der Waals surface area contributed by atoms with Crippen LogP contribution in [-0.2, 0) is 10.3 Å². The lowest BCUT2D eigenvalue weighted by Crippen LogP contribution is -2.44. The van der Waals surface area contributed by atoms with Crippen LogP contribution in [-0.4, -0.2) is 29.8 Å². The molecule has 0 aliphatic heterocycles. The minimum absolute atomic E-state index is 0.187. The number of rotatable bonds is 7. The molecule has 0 bridgehead atoms. The second-order valence-electron chi connectivity index (χ2n) is 6.59. The van der Waals surface area contributed by atoms with Gasteiger partial charge in [0.1, 0.15) is 5.54 Å². The first-order valence-corrected chi connectivity index (χ1v) is 9.18. The fourth-order valence-electron chi connectivity index (χ4n) is 3.39. The van der Waals surface area contributed by atoms with Gasteiger partial charge in [-0.1, -0.05) is 24.1 Å². The van der Waals surface area contributed by atoms with Crippen molar-refractivity contribution < 1.29 is 18.8 Å². The average Bonchev–Trinajstić information content (AvgIpc) is 3.30. The maximum absolute atomic E-state index is 12.6. The van der Waals surface area contributed by atoms with Gasteiger partial charge < -0.3 is 19.3 Å². The van der Waals surface area contributed by atoms with Crippen LogP contribution in [0.25, 0.3) is 6.08 Å². The topological polar surface area (TPSA) is 86.5 Å². The SMILES string of the molecule is CCOc1cc(C=CC(=O)NC2(c3noc(C)n3)CCCC2)ccc1OC. The highest BCUT2D eigenvalue weighted by molar-refractivity contribution is 5.92. The number of hydrogen-bond donors (Lipinski definition) is 1. The molecular formula is C20H25N3O4. The van der Waals surface area contributed by atoms with Crippen molar-refractivity contribution in [2.75, 3.05) is 13.7 Å². The summed E-state index contributed by atoms with van der Waals surface area (Å²) in [5.74, 6) is 2.19. The number of carbonyl (C=O) groups is 1. The molecule has 1 aliphatic rings.